The highest BCUT2D eigenvalue weighted by Crippen LogP contribution is 2.59. The molecule has 0 spiro atoms. The summed E-state index contributed by atoms with van der Waals surface area (Å²) in [6.45, 7) is 10.0. The van der Waals surface area contributed by atoms with Crippen molar-refractivity contribution in [1.29, 1.82) is 0 Å². The Kier molecular flexibility index (Phi) is 5.22. The summed E-state index contributed by atoms with van der Waals surface area (Å²) in [4.78, 5) is 27.7. The number of carbonyl (C=O) groups excluding carboxylic acids is 2. The molecule has 3 rings (SSSR count). The summed E-state index contributed by atoms with van der Waals surface area (Å²) in [5, 5.41) is 3.04. The third-order valence-corrected chi connectivity index (χ3v) is 5.76. The minimum atomic E-state index is -0.0458. The van der Waals surface area contributed by atoms with Crippen LogP contribution in [0.5, 0.6) is 0 Å². The van der Waals surface area contributed by atoms with Gasteiger partial charge >= 0.3 is 0 Å². The smallest absolute Gasteiger partial charge is 0.255 e. The van der Waals surface area contributed by atoms with Crippen LogP contribution in [0.3, 0.4) is 0 Å². The highest BCUT2D eigenvalue weighted by Gasteiger charge is 2.60. The molecule has 2 fully saturated rings. The number of allylic oxidation sites excluding steroid dienone is 2. The highest BCUT2D eigenvalue weighted by atomic mass is 16.2. The number of rotatable bonds is 4. The Morgan fingerprint density at radius 1 is 1.12 bits per heavy atom. The van der Waals surface area contributed by atoms with E-state index in [9.17, 15) is 9.59 Å². The SMILES string of the molecule is CC(C)=CC1C(C(=O)Nc2ccccc2C(=O)N2CCCCC2)C1(C)C. The van der Waals surface area contributed by atoms with Gasteiger partial charge in [-0.05, 0) is 56.6 Å². The standard InChI is InChI=1S/C22H30N2O2/c1-15(2)14-17-19(22(17,3)4)20(25)23-18-11-7-6-10-16(18)21(26)24-12-8-5-9-13-24/h6-7,10-11,14,17,19H,5,8-9,12-13H2,1-4H3,(H,23,25). The van der Waals surface area contributed by atoms with Crippen molar-refractivity contribution in [2.45, 2.75) is 47.0 Å². The molecule has 2 aliphatic rings. The third-order valence-electron chi connectivity index (χ3n) is 5.76. The predicted molar refractivity (Wildman–Crippen MR) is 105 cm³/mol. The van der Waals surface area contributed by atoms with Crippen molar-refractivity contribution < 1.29 is 9.59 Å². The number of piperidine rings is 1. The van der Waals surface area contributed by atoms with Gasteiger partial charge in [0.05, 0.1) is 17.2 Å². The Bertz CT molecular complexity index is 725. The van der Waals surface area contributed by atoms with E-state index in [0.29, 0.717) is 11.3 Å². The van der Waals surface area contributed by atoms with Crippen molar-refractivity contribution in [3.63, 3.8) is 0 Å². The molecule has 0 bridgehead atoms. The molecular weight excluding hydrogens is 324 g/mol. The zero-order valence-electron chi connectivity index (χ0n) is 16.3. The first-order valence-electron chi connectivity index (χ1n) is 9.66. The van der Waals surface area contributed by atoms with Crippen molar-refractivity contribution >= 4 is 17.5 Å². The molecule has 1 N–H and O–H groups in total. The van der Waals surface area contributed by atoms with Gasteiger partial charge < -0.3 is 10.2 Å². The van der Waals surface area contributed by atoms with Crippen LogP contribution in [0.25, 0.3) is 0 Å². The number of hydrogen-bond donors (Lipinski definition) is 1. The number of carbonyl (C=O) groups is 2. The molecule has 1 saturated heterocycles. The van der Waals surface area contributed by atoms with E-state index in [4.69, 9.17) is 0 Å². The molecule has 1 aromatic rings. The molecule has 1 aliphatic carbocycles. The van der Waals surface area contributed by atoms with Crippen molar-refractivity contribution in [3.05, 3.63) is 41.5 Å². The van der Waals surface area contributed by atoms with E-state index in [-0.39, 0.29) is 29.1 Å². The number of anilines is 1. The van der Waals surface area contributed by atoms with Crippen LogP contribution in [0, 0.1) is 17.3 Å². The molecule has 1 saturated carbocycles. The normalized spacial score (nSPS) is 23.9. The van der Waals surface area contributed by atoms with E-state index in [1.165, 1.54) is 12.0 Å². The zero-order chi connectivity index (χ0) is 18.9. The van der Waals surface area contributed by atoms with Gasteiger partial charge in [-0.2, -0.15) is 0 Å². The van der Waals surface area contributed by atoms with Crippen LogP contribution in [0.15, 0.2) is 35.9 Å². The fourth-order valence-corrected chi connectivity index (χ4v) is 4.11. The lowest BCUT2D eigenvalue weighted by atomic mass is 10.1. The molecule has 2 unspecified atom stereocenters. The Balaban J connectivity index is 1.75. The Labute approximate surface area is 156 Å². The average Bonchev–Trinajstić information content (AvgIpc) is 3.15. The summed E-state index contributed by atoms with van der Waals surface area (Å²) in [5.74, 6) is 0.251. The second-order valence-electron chi connectivity index (χ2n) is 8.46. The van der Waals surface area contributed by atoms with E-state index >= 15 is 0 Å². The zero-order valence-corrected chi connectivity index (χ0v) is 16.3. The molecule has 0 radical (unpaired) electrons. The van der Waals surface area contributed by atoms with Crippen LogP contribution in [-0.2, 0) is 4.79 Å². The monoisotopic (exact) mass is 354 g/mol. The minimum Gasteiger partial charge on any atom is -0.339 e. The minimum absolute atomic E-state index is 0.0106. The maximum Gasteiger partial charge on any atom is 0.255 e. The number of likely N-dealkylation sites (tertiary alicyclic amines) is 1. The van der Waals surface area contributed by atoms with Crippen LogP contribution in [0.4, 0.5) is 5.69 Å². The van der Waals surface area contributed by atoms with Gasteiger partial charge in [0.1, 0.15) is 0 Å². The van der Waals surface area contributed by atoms with Gasteiger partial charge in [0, 0.05) is 13.1 Å². The summed E-state index contributed by atoms with van der Waals surface area (Å²) < 4.78 is 0. The number of nitrogens with one attached hydrogen (secondary N) is 1. The van der Waals surface area contributed by atoms with Crippen LogP contribution in [-0.4, -0.2) is 29.8 Å². The van der Waals surface area contributed by atoms with Gasteiger partial charge in [-0.1, -0.05) is 37.6 Å². The van der Waals surface area contributed by atoms with Crippen LogP contribution in [0.1, 0.15) is 57.3 Å². The summed E-state index contributed by atoms with van der Waals surface area (Å²) >= 11 is 0. The molecule has 2 amide bonds. The first kappa shape index (κ1) is 18.7. The van der Waals surface area contributed by atoms with E-state index in [0.717, 1.165) is 25.9 Å². The van der Waals surface area contributed by atoms with Gasteiger partial charge in [-0.25, -0.2) is 0 Å². The largest absolute Gasteiger partial charge is 0.339 e. The molecule has 2 atom stereocenters. The summed E-state index contributed by atoms with van der Waals surface area (Å²) in [6.07, 6.45) is 5.49. The first-order valence-corrected chi connectivity index (χ1v) is 9.66. The maximum atomic E-state index is 12.9. The van der Waals surface area contributed by atoms with E-state index < -0.39 is 0 Å². The van der Waals surface area contributed by atoms with Gasteiger partial charge in [0.15, 0.2) is 0 Å². The number of amides is 2. The summed E-state index contributed by atoms with van der Waals surface area (Å²) in [6, 6.07) is 7.38. The lowest BCUT2D eigenvalue weighted by Crippen LogP contribution is -2.36. The molecule has 0 aromatic heterocycles. The van der Waals surface area contributed by atoms with Crippen molar-refractivity contribution in [3.8, 4) is 0 Å². The maximum absolute atomic E-state index is 12.9. The highest BCUT2D eigenvalue weighted by molar-refractivity contribution is 6.05. The fraction of sp³-hybridized carbons (Fsp3) is 0.545. The van der Waals surface area contributed by atoms with Gasteiger partial charge in [-0.3, -0.25) is 9.59 Å². The molecular formula is C22H30N2O2. The molecule has 1 aliphatic heterocycles. The molecule has 26 heavy (non-hydrogen) atoms. The van der Waals surface area contributed by atoms with Gasteiger partial charge in [0.25, 0.3) is 5.91 Å². The fourth-order valence-electron chi connectivity index (χ4n) is 4.11. The quantitative estimate of drug-likeness (QED) is 0.810. The molecule has 1 heterocycles. The molecule has 4 nitrogen and oxygen atoms in total. The Morgan fingerprint density at radius 3 is 2.42 bits per heavy atom. The topological polar surface area (TPSA) is 49.4 Å². The lowest BCUT2D eigenvalue weighted by molar-refractivity contribution is -0.118. The number of nitrogens with zero attached hydrogens (tertiary/aromatic N) is 1. The Hall–Kier alpha value is -2.10. The molecule has 4 heteroatoms. The summed E-state index contributed by atoms with van der Waals surface area (Å²) in [7, 11) is 0. The second kappa shape index (κ2) is 7.26. The average molecular weight is 354 g/mol. The number of hydrogen-bond acceptors (Lipinski definition) is 2. The Morgan fingerprint density at radius 2 is 1.77 bits per heavy atom. The molecule has 140 valence electrons. The van der Waals surface area contributed by atoms with Crippen LogP contribution < -0.4 is 5.32 Å². The lowest BCUT2D eigenvalue weighted by Gasteiger charge is -2.27. The van der Waals surface area contributed by atoms with Crippen LogP contribution >= 0.6 is 0 Å². The van der Waals surface area contributed by atoms with Gasteiger partial charge in [0.2, 0.25) is 5.91 Å². The van der Waals surface area contributed by atoms with Crippen molar-refractivity contribution in [2.75, 3.05) is 18.4 Å². The van der Waals surface area contributed by atoms with Gasteiger partial charge in [-0.15, -0.1) is 0 Å². The third kappa shape index (κ3) is 3.69. The second-order valence-corrected chi connectivity index (χ2v) is 8.46. The molecule has 1 aromatic carbocycles. The number of para-hydroxylation sites is 1. The van der Waals surface area contributed by atoms with Crippen molar-refractivity contribution in [1.82, 2.24) is 4.90 Å². The number of benzene rings is 1. The van der Waals surface area contributed by atoms with Crippen molar-refractivity contribution in [2.24, 2.45) is 17.3 Å². The van der Waals surface area contributed by atoms with E-state index in [1.54, 1.807) is 0 Å². The predicted octanol–water partition coefficient (Wildman–Crippen LogP) is 4.49. The van der Waals surface area contributed by atoms with Crippen LogP contribution in [0.2, 0.25) is 0 Å². The summed E-state index contributed by atoms with van der Waals surface area (Å²) in [5.41, 5.74) is 2.43. The first-order chi connectivity index (χ1) is 12.3. The van der Waals surface area contributed by atoms with E-state index in [1.807, 2.05) is 29.2 Å². The van der Waals surface area contributed by atoms with E-state index in [2.05, 4.69) is 39.1 Å².